The quantitative estimate of drug-likeness (QED) is 0.535. The Morgan fingerprint density at radius 2 is 1.86 bits per heavy atom. The molecule has 0 radical (unpaired) electrons. The van der Waals surface area contributed by atoms with E-state index < -0.39 is 6.29 Å². The molecule has 6 nitrogen and oxygen atoms in total. The molecule has 8 heteroatoms. The first-order valence-electron chi connectivity index (χ1n) is 8.90. The van der Waals surface area contributed by atoms with Crippen LogP contribution in [0.25, 0.3) is 6.08 Å². The highest BCUT2D eigenvalue weighted by Gasteiger charge is 2.30. The summed E-state index contributed by atoms with van der Waals surface area (Å²) < 4.78 is 10.1. The van der Waals surface area contributed by atoms with Crippen LogP contribution >= 0.6 is 23.4 Å². The number of fused-ring (bicyclic) bond motifs is 1. The molecular weight excluding hydrogens is 412 g/mol. The Bertz CT molecular complexity index is 930. The van der Waals surface area contributed by atoms with Crippen LogP contribution in [0.2, 0.25) is 5.02 Å². The Hall–Kier alpha value is -2.32. The van der Waals surface area contributed by atoms with Gasteiger partial charge in [-0.15, -0.1) is 0 Å². The molecule has 152 valence electrons. The normalized spacial score (nSPS) is 15.0. The molecule has 0 unspecified atom stereocenters. The Labute approximate surface area is 178 Å². The SMILES string of the molecule is COC(CNC(=O)CN1C(=O)/C(=C\c2ccccc2Cl)Sc2ccccc21)OC. The predicted molar refractivity (Wildman–Crippen MR) is 115 cm³/mol. The van der Waals surface area contributed by atoms with Gasteiger partial charge in [0.25, 0.3) is 5.91 Å². The maximum absolute atomic E-state index is 13.2. The van der Waals surface area contributed by atoms with Gasteiger partial charge in [-0.05, 0) is 29.8 Å². The van der Waals surface area contributed by atoms with Crippen molar-refractivity contribution in [2.24, 2.45) is 0 Å². The first kappa shape index (κ1) is 21.4. The summed E-state index contributed by atoms with van der Waals surface area (Å²) in [5, 5.41) is 3.28. The molecule has 1 N–H and O–H groups in total. The van der Waals surface area contributed by atoms with E-state index in [1.165, 1.54) is 30.9 Å². The molecule has 0 bridgehead atoms. The number of ether oxygens (including phenoxy) is 2. The molecule has 0 atom stereocenters. The third-order valence-corrected chi connectivity index (χ3v) is 5.74. The van der Waals surface area contributed by atoms with Crippen LogP contribution < -0.4 is 10.2 Å². The fraction of sp³-hybridized carbons (Fsp3) is 0.238. The van der Waals surface area contributed by atoms with Crippen molar-refractivity contribution in [1.29, 1.82) is 0 Å². The molecule has 2 aromatic carbocycles. The third-order valence-electron chi connectivity index (χ3n) is 4.32. The second kappa shape index (κ2) is 9.93. The lowest BCUT2D eigenvalue weighted by Gasteiger charge is -2.30. The molecule has 1 heterocycles. The minimum atomic E-state index is -0.547. The number of anilines is 1. The van der Waals surface area contributed by atoms with Crippen LogP contribution in [-0.2, 0) is 19.1 Å². The van der Waals surface area contributed by atoms with Gasteiger partial charge in [-0.25, -0.2) is 0 Å². The highest BCUT2D eigenvalue weighted by Crippen LogP contribution is 2.42. The summed E-state index contributed by atoms with van der Waals surface area (Å²) in [5.74, 6) is -0.560. The molecule has 0 spiro atoms. The summed E-state index contributed by atoms with van der Waals surface area (Å²) in [6.07, 6.45) is 1.21. The van der Waals surface area contributed by atoms with Gasteiger partial charge in [-0.2, -0.15) is 0 Å². The van der Waals surface area contributed by atoms with Gasteiger partial charge in [0.2, 0.25) is 5.91 Å². The van der Waals surface area contributed by atoms with Gasteiger partial charge in [0.05, 0.1) is 17.1 Å². The molecule has 0 saturated heterocycles. The Kier molecular flexibility index (Phi) is 7.33. The van der Waals surface area contributed by atoms with Crippen molar-refractivity contribution in [3.63, 3.8) is 0 Å². The van der Waals surface area contributed by atoms with Crippen LogP contribution in [0.3, 0.4) is 0 Å². The molecule has 1 aliphatic rings. The van der Waals surface area contributed by atoms with Crippen molar-refractivity contribution in [1.82, 2.24) is 5.32 Å². The predicted octanol–water partition coefficient (Wildman–Crippen LogP) is 3.55. The van der Waals surface area contributed by atoms with E-state index in [1.807, 2.05) is 42.5 Å². The number of amides is 2. The lowest BCUT2D eigenvalue weighted by atomic mass is 10.2. The largest absolute Gasteiger partial charge is 0.354 e. The van der Waals surface area contributed by atoms with Crippen molar-refractivity contribution in [3.8, 4) is 0 Å². The van der Waals surface area contributed by atoms with Gasteiger partial charge in [-0.1, -0.05) is 53.7 Å². The number of nitrogens with zero attached hydrogens (tertiary/aromatic N) is 1. The first-order chi connectivity index (χ1) is 14.0. The lowest BCUT2D eigenvalue weighted by molar-refractivity contribution is -0.127. The number of hydrogen-bond donors (Lipinski definition) is 1. The summed E-state index contributed by atoms with van der Waals surface area (Å²) in [6, 6.07) is 14.8. The van der Waals surface area contributed by atoms with Crippen LogP contribution in [0.4, 0.5) is 5.69 Å². The zero-order valence-corrected chi connectivity index (χ0v) is 17.6. The highest BCUT2D eigenvalue weighted by atomic mass is 35.5. The maximum Gasteiger partial charge on any atom is 0.265 e. The maximum atomic E-state index is 13.2. The van der Waals surface area contributed by atoms with Crippen molar-refractivity contribution < 1.29 is 19.1 Å². The Morgan fingerprint density at radius 1 is 1.17 bits per heavy atom. The summed E-state index contributed by atoms with van der Waals surface area (Å²) in [7, 11) is 2.99. The number of carbonyl (C=O) groups excluding carboxylic acids is 2. The highest BCUT2D eigenvalue weighted by molar-refractivity contribution is 8.04. The van der Waals surface area contributed by atoms with Gasteiger partial charge in [0, 0.05) is 24.1 Å². The van der Waals surface area contributed by atoms with E-state index in [9.17, 15) is 9.59 Å². The van der Waals surface area contributed by atoms with Gasteiger partial charge in [-0.3, -0.25) is 14.5 Å². The van der Waals surface area contributed by atoms with Gasteiger partial charge >= 0.3 is 0 Å². The van der Waals surface area contributed by atoms with E-state index >= 15 is 0 Å². The number of rotatable bonds is 7. The first-order valence-corrected chi connectivity index (χ1v) is 10.1. The number of benzene rings is 2. The van der Waals surface area contributed by atoms with Crippen LogP contribution in [0.15, 0.2) is 58.3 Å². The molecule has 0 fully saturated rings. The number of para-hydroxylation sites is 1. The number of carbonyl (C=O) groups is 2. The average Bonchev–Trinajstić information content (AvgIpc) is 2.73. The average molecular weight is 433 g/mol. The summed E-state index contributed by atoms with van der Waals surface area (Å²) in [6.45, 7) is 0.0724. The van der Waals surface area contributed by atoms with E-state index in [2.05, 4.69) is 5.32 Å². The van der Waals surface area contributed by atoms with Gasteiger partial charge in [0.1, 0.15) is 6.54 Å². The summed E-state index contributed by atoms with van der Waals surface area (Å²) >= 11 is 7.61. The molecule has 29 heavy (non-hydrogen) atoms. The van der Waals surface area contributed by atoms with Crippen LogP contribution in [0.1, 0.15) is 5.56 Å². The number of halogens is 1. The van der Waals surface area contributed by atoms with Crippen molar-refractivity contribution >= 4 is 46.9 Å². The molecule has 0 saturated carbocycles. The van der Waals surface area contributed by atoms with Crippen molar-refractivity contribution in [3.05, 3.63) is 64.0 Å². The van der Waals surface area contributed by atoms with Gasteiger partial charge < -0.3 is 14.8 Å². The Balaban J connectivity index is 1.84. The topological polar surface area (TPSA) is 67.9 Å². The second-order valence-electron chi connectivity index (χ2n) is 6.20. The summed E-state index contributed by atoms with van der Waals surface area (Å²) in [5.41, 5.74) is 1.45. The zero-order valence-electron chi connectivity index (χ0n) is 16.1. The number of thioether (sulfide) groups is 1. The van der Waals surface area contributed by atoms with Crippen LogP contribution in [-0.4, -0.2) is 45.4 Å². The fourth-order valence-electron chi connectivity index (χ4n) is 2.81. The van der Waals surface area contributed by atoms with Crippen molar-refractivity contribution in [2.75, 3.05) is 32.2 Å². The van der Waals surface area contributed by atoms with Gasteiger partial charge in [0.15, 0.2) is 6.29 Å². The van der Waals surface area contributed by atoms with E-state index in [-0.39, 0.29) is 24.9 Å². The zero-order chi connectivity index (χ0) is 20.8. The molecule has 2 amide bonds. The number of hydrogen-bond acceptors (Lipinski definition) is 5. The number of methoxy groups -OCH3 is 2. The monoisotopic (exact) mass is 432 g/mol. The smallest absolute Gasteiger partial charge is 0.265 e. The summed E-state index contributed by atoms with van der Waals surface area (Å²) in [4.78, 5) is 28.5. The van der Waals surface area contributed by atoms with E-state index in [4.69, 9.17) is 21.1 Å². The lowest BCUT2D eigenvalue weighted by Crippen LogP contribution is -2.44. The van der Waals surface area contributed by atoms with Crippen LogP contribution in [0, 0.1) is 0 Å². The second-order valence-corrected chi connectivity index (χ2v) is 7.69. The molecule has 0 aromatic heterocycles. The minimum Gasteiger partial charge on any atom is -0.354 e. The van der Waals surface area contributed by atoms with Crippen molar-refractivity contribution in [2.45, 2.75) is 11.2 Å². The number of nitrogens with one attached hydrogen (secondary N) is 1. The molecule has 0 aliphatic carbocycles. The fourth-order valence-corrected chi connectivity index (χ4v) is 4.05. The van der Waals surface area contributed by atoms with Crippen LogP contribution in [0.5, 0.6) is 0 Å². The minimum absolute atomic E-state index is 0.115. The molecular formula is C21H21ClN2O4S. The van der Waals surface area contributed by atoms with E-state index in [0.717, 1.165) is 10.5 Å². The van der Waals surface area contributed by atoms with E-state index in [1.54, 1.807) is 12.1 Å². The molecule has 3 rings (SSSR count). The molecule has 2 aromatic rings. The Morgan fingerprint density at radius 3 is 2.59 bits per heavy atom. The third kappa shape index (κ3) is 5.19. The standard InChI is InChI=1S/C21H21ClN2O4S/c1-27-20(28-2)12-23-19(25)13-24-16-9-5-6-10-17(16)29-18(21(24)26)11-14-7-3-4-8-15(14)22/h3-11,20H,12-13H2,1-2H3,(H,23,25)/b18-11+. The molecule has 1 aliphatic heterocycles. The van der Waals surface area contributed by atoms with E-state index in [0.29, 0.717) is 15.6 Å².